The van der Waals surface area contributed by atoms with Crippen molar-refractivity contribution >= 4 is 40.6 Å². The third-order valence-corrected chi connectivity index (χ3v) is 4.60. The predicted molar refractivity (Wildman–Crippen MR) is 116 cm³/mol. The molecular weight excluding hydrogens is 440 g/mol. The first-order chi connectivity index (χ1) is 15.2. The van der Waals surface area contributed by atoms with Crippen molar-refractivity contribution in [1.82, 2.24) is 0 Å². The minimum atomic E-state index is -0.873. The zero-order chi connectivity index (χ0) is 23.4. The summed E-state index contributed by atoms with van der Waals surface area (Å²) in [5.74, 6) is -0.313. The first-order valence-corrected chi connectivity index (χ1v) is 9.29. The zero-order valence-corrected chi connectivity index (χ0v) is 17.1. The van der Waals surface area contributed by atoms with Gasteiger partial charge in [-0.3, -0.25) is 25.0 Å². The van der Waals surface area contributed by atoms with E-state index in [0.29, 0.717) is 16.9 Å². The first kappa shape index (κ1) is 22.2. The lowest BCUT2D eigenvalue weighted by Crippen LogP contribution is -2.14. The van der Waals surface area contributed by atoms with E-state index in [0.717, 1.165) is 6.07 Å². The highest BCUT2D eigenvalue weighted by molar-refractivity contribution is 6.31. The maximum Gasteiger partial charge on any atom is 0.294 e. The Hall–Kier alpha value is -4.49. The van der Waals surface area contributed by atoms with E-state index in [4.69, 9.17) is 16.0 Å². The van der Waals surface area contributed by atoms with Gasteiger partial charge in [0, 0.05) is 34.9 Å². The summed E-state index contributed by atoms with van der Waals surface area (Å²) in [5, 5.41) is 33.9. The Bertz CT molecular complexity index is 1320. The smallest absolute Gasteiger partial charge is 0.294 e. The minimum absolute atomic E-state index is 0.0577. The Morgan fingerprint density at radius 2 is 1.88 bits per heavy atom. The number of rotatable bonds is 6. The van der Waals surface area contributed by atoms with Gasteiger partial charge >= 0.3 is 0 Å². The maximum atomic E-state index is 12.5. The number of benzene rings is 2. The van der Waals surface area contributed by atoms with E-state index in [9.17, 15) is 30.3 Å². The summed E-state index contributed by atoms with van der Waals surface area (Å²) in [6.45, 7) is 1.69. The van der Waals surface area contributed by atoms with Crippen LogP contribution in [0.5, 0.6) is 0 Å². The lowest BCUT2D eigenvalue weighted by molar-refractivity contribution is -0.384. The highest BCUT2D eigenvalue weighted by atomic mass is 35.5. The van der Waals surface area contributed by atoms with Gasteiger partial charge in [-0.05, 0) is 42.8 Å². The van der Waals surface area contributed by atoms with Crippen LogP contribution >= 0.6 is 11.6 Å². The molecule has 0 fully saturated rings. The van der Waals surface area contributed by atoms with Crippen LogP contribution in [-0.4, -0.2) is 15.8 Å². The summed E-state index contributed by atoms with van der Waals surface area (Å²) in [4.78, 5) is 33.3. The summed E-state index contributed by atoms with van der Waals surface area (Å²) in [6, 6.07) is 12.8. The summed E-state index contributed by atoms with van der Waals surface area (Å²) in [6.07, 6.45) is 1.18. The molecule has 1 heterocycles. The Labute approximate surface area is 185 Å². The molecule has 11 heteroatoms. The lowest BCUT2D eigenvalue weighted by Gasteiger charge is -2.05. The minimum Gasteiger partial charge on any atom is -0.457 e. The summed E-state index contributed by atoms with van der Waals surface area (Å²) >= 11 is 5.76. The third-order valence-electron chi connectivity index (χ3n) is 4.37. The molecule has 3 aromatic rings. The molecule has 2 aromatic carbocycles. The fourth-order valence-corrected chi connectivity index (χ4v) is 3.02. The molecule has 0 unspecified atom stereocenters. The Balaban J connectivity index is 1.86. The average molecular weight is 453 g/mol. The zero-order valence-electron chi connectivity index (χ0n) is 16.4. The second-order valence-corrected chi connectivity index (χ2v) is 6.94. The standard InChI is InChI=1S/C21H13ClN4O6/c1-12-8-15(25(28)29)3-5-17(12)20-7-4-16(32-20)9-13(11-23)21(27)24-18-6-2-14(22)10-19(18)26(30)31/h2-10H,1H3,(H,24,27)/b13-9+. The van der Waals surface area contributed by atoms with Crippen LogP contribution in [0.1, 0.15) is 11.3 Å². The van der Waals surface area contributed by atoms with Crippen molar-refractivity contribution in [3.8, 4) is 17.4 Å². The van der Waals surface area contributed by atoms with Crippen LogP contribution in [0.3, 0.4) is 0 Å². The van der Waals surface area contributed by atoms with Gasteiger partial charge < -0.3 is 9.73 Å². The van der Waals surface area contributed by atoms with Crippen molar-refractivity contribution in [2.24, 2.45) is 0 Å². The van der Waals surface area contributed by atoms with Gasteiger partial charge in [-0.2, -0.15) is 5.26 Å². The normalized spacial score (nSPS) is 11.0. The average Bonchev–Trinajstić information content (AvgIpc) is 3.21. The highest BCUT2D eigenvalue weighted by Crippen LogP contribution is 2.30. The van der Waals surface area contributed by atoms with Crippen LogP contribution in [0.15, 0.2) is 58.5 Å². The molecule has 10 nitrogen and oxygen atoms in total. The number of nitrogens with one attached hydrogen (secondary N) is 1. The first-order valence-electron chi connectivity index (χ1n) is 8.92. The molecule has 0 saturated heterocycles. The molecule has 32 heavy (non-hydrogen) atoms. The number of amides is 1. The van der Waals surface area contributed by atoms with Gasteiger partial charge in [0.1, 0.15) is 28.9 Å². The monoisotopic (exact) mass is 452 g/mol. The molecule has 0 aliphatic rings. The van der Waals surface area contributed by atoms with Crippen molar-refractivity contribution in [2.45, 2.75) is 6.92 Å². The number of aryl methyl sites for hydroxylation is 1. The number of nitrogens with zero attached hydrogens (tertiary/aromatic N) is 3. The summed E-state index contributed by atoms with van der Waals surface area (Å²) < 4.78 is 5.66. The number of nitro benzene ring substituents is 2. The predicted octanol–water partition coefficient (Wildman–Crippen LogP) is 5.27. The number of nitro groups is 2. The van der Waals surface area contributed by atoms with Crippen LogP contribution in [0.2, 0.25) is 5.02 Å². The van der Waals surface area contributed by atoms with Crippen LogP contribution in [-0.2, 0) is 4.79 Å². The van der Waals surface area contributed by atoms with Crippen LogP contribution in [0.25, 0.3) is 17.4 Å². The second kappa shape index (κ2) is 9.11. The largest absolute Gasteiger partial charge is 0.457 e. The van der Waals surface area contributed by atoms with Gasteiger partial charge in [0.05, 0.1) is 9.85 Å². The van der Waals surface area contributed by atoms with E-state index in [1.165, 1.54) is 42.5 Å². The van der Waals surface area contributed by atoms with E-state index in [2.05, 4.69) is 5.32 Å². The maximum absolute atomic E-state index is 12.5. The van der Waals surface area contributed by atoms with Crippen LogP contribution < -0.4 is 5.32 Å². The number of anilines is 1. The van der Waals surface area contributed by atoms with E-state index >= 15 is 0 Å². The van der Waals surface area contributed by atoms with Crippen molar-refractivity contribution in [3.05, 3.63) is 90.7 Å². The number of hydrogen-bond donors (Lipinski definition) is 1. The molecule has 160 valence electrons. The molecule has 0 spiro atoms. The molecule has 0 atom stereocenters. The number of non-ortho nitro benzene ring substituents is 1. The number of nitriles is 1. The van der Waals surface area contributed by atoms with Gasteiger partial charge in [0.15, 0.2) is 0 Å². The molecular formula is C21H13ClN4O6. The molecule has 1 N–H and O–H groups in total. The van der Waals surface area contributed by atoms with E-state index in [1.54, 1.807) is 19.1 Å². The molecule has 1 amide bonds. The van der Waals surface area contributed by atoms with Gasteiger partial charge in [-0.25, -0.2) is 0 Å². The van der Waals surface area contributed by atoms with Gasteiger partial charge in [-0.15, -0.1) is 0 Å². The fourth-order valence-electron chi connectivity index (χ4n) is 2.86. The van der Waals surface area contributed by atoms with Gasteiger partial charge in [-0.1, -0.05) is 11.6 Å². The third kappa shape index (κ3) is 4.80. The van der Waals surface area contributed by atoms with Crippen LogP contribution in [0, 0.1) is 38.5 Å². The van der Waals surface area contributed by atoms with Crippen molar-refractivity contribution in [1.29, 1.82) is 5.26 Å². The Morgan fingerprint density at radius 1 is 1.12 bits per heavy atom. The van der Waals surface area contributed by atoms with E-state index in [-0.39, 0.29) is 27.7 Å². The second-order valence-electron chi connectivity index (χ2n) is 6.50. The summed E-state index contributed by atoms with van der Waals surface area (Å²) in [7, 11) is 0. The van der Waals surface area contributed by atoms with Gasteiger partial charge in [0.2, 0.25) is 0 Å². The van der Waals surface area contributed by atoms with E-state index in [1.807, 2.05) is 0 Å². The molecule has 0 saturated carbocycles. The topological polar surface area (TPSA) is 152 Å². The number of carbonyl (C=O) groups excluding carboxylic acids is 1. The van der Waals surface area contributed by atoms with Gasteiger partial charge in [0.25, 0.3) is 17.3 Å². The van der Waals surface area contributed by atoms with Crippen molar-refractivity contribution < 1.29 is 19.1 Å². The highest BCUT2D eigenvalue weighted by Gasteiger charge is 2.19. The molecule has 0 radical (unpaired) electrons. The fraction of sp³-hybridized carbons (Fsp3) is 0.0476. The van der Waals surface area contributed by atoms with Crippen molar-refractivity contribution in [3.63, 3.8) is 0 Å². The summed E-state index contributed by atoms with van der Waals surface area (Å²) in [5.41, 5.74) is 0.268. The van der Waals surface area contributed by atoms with Crippen LogP contribution in [0.4, 0.5) is 17.1 Å². The van der Waals surface area contributed by atoms with Crippen molar-refractivity contribution in [2.75, 3.05) is 5.32 Å². The Kier molecular flexibility index (Phi) is 6.32. The Morgan fingerprint density at radius 3 is 2.50 bits per heavy atom. The number of hydrogen-bond acceptors (Lipinski definition) is 7. The molecule has 3 rings (SSSR count). The number of halogens is 1. The number of carbonyl (C=O) groups is 1. The quantitative estimate of drug-likeness (QED) is 0.231. The SMILES string of the molecule is Cc1cc([N+](=O)[O-])ccc1-c1ccc(/C=C(\C#N)C(=O)Nc2ccc(Cl)cc2[N+](=O)[O-])o1. The molecule has 1 aromatic heterocycles. The molecule has 0 aliphatic carbocycles. The molecule has 0 bridgehead atoms. The molecule has 0 aliphatic heterocycles. The number of furan rings is 1. The van der Waals surface area contributed by atoms with E-state index < -0.39 is 21.4 Å². The lowest BCUT2D eigenvalue weighted by atomic mass is 10.1.